The molecule has 0 N–H and O–H groups in total. The lowest BCUT2D eigenvalue weighted by Gasteiger charge is -2.17. The zero-order valence-electron chi connectivity index (χ0n) is 17.1. The van der Waals surface area contributed by atoms with Gasteiger partial charge in [-0.25, -0.2) is 4.98 Å². The van der Waals surface area contributed by atoms with Crippen LogP contribution in [0.2, 0.25) is 0 Å². The minimum atomic E-state index is -0.186. The van der Waals surface area contributed by atoms with E-state index in [4.69, 9.17) is 4.74 Å². The summed E-state index contributed by atoms with van der Waals surface area (Å²) in [5, 5.41) is 4.57. The number of rotatable bonds is 8. The first-order valence-corrected chi connectivity index (χ1v) is 9.77. The number of ether oxygens (including phenoxy) is 1. The standard InChI is InChI=1S/C22H28N4O2/c1-5-28-21(27)14-17(3)25-15-23-22(19-9-7-6-8-10-19)20(25)11-12-26-18(4)13-16(2)24-26/h6-10,13,15,17H,5,11-12,14H2,1-4H3. The molecule has 3 rings (SSSR count). The highest BCUT2D eigenvalue weighted by molar-refractivity contribution is 5.70. The normalized spacial score (nSPS) is 12.1. The Morgan fingerprint density at radius 1 is 1.21 bits per heavy atom. The van der Waals surface area contributed by atoms with Crippen molar-refractivity contribution < 1.29 is 9.53 Å². The largest absolute Gasteiger partial charge is 0.466 e. The van der Waals surface area contributed by atoms with Crippen LogP contribution in [0.25, 0.3) is 11.3 Å². The van der Waals surface area contributed by atoms with Crippen molar-refractivity contribution in [3.8, 4) is 11.3 Å². The summed E-state index contributed by atoms with van der Waals surface area (Å²) >= 11 is 0. The van der Waals surface area contributed by atoms with Crippen LogP contribution in [0.1, 0.15) is 43.4 Å². The highest BCUT2D eigenvalue weighted by atomic mass is 16.5. The second-order valence-electron chi connectivity index (χ2n) is 7.07. The number of imidazole rings is 1. The van der Waals surface area contributed by atoms with E-state index in [1.165, 1.54) is 0 Å². The van der Waals surface area contributed by atoms with Crippen LogP contribution >= 0.6 is 0 Å². The van der Waals surface area contributed by atoms with E-state index in [1.54, 1.807) is 0 Å². The van der Waals surface area contributed by atoms with Gasteiger partial charge in [-0.15, -0.1) is 0 Å². The average Bonchev–Trinajstić information content (AvgIpc) is 3.23. The molecule has 0 radical (unpaired) electrons. The Morgan fingerprint density at radius 2 is 1.96 bits per heavy atom. The summed E-state index contributed by atoms with van der Waals surface area (Å²) in [7, 11) is 0. The van der Waals surface area contributed by atoms with E-state index in [9.17, 15) is 4.79 Å². The van der Waals surface area contributed by atoms with E-state index in [-0.39, 0.29) is 12.0 Å². The molecule has 0 aliphatic rings. The van der Waals surface area contributed by atoms with Crippen LogP contribution < -0.4 is 0 Å². The van der Waals surface area contributed by atoms with Crippen LogP contribution in [0, 0.1) is 13.8 Å². The van der Waals surface area contributed by atoms with E-state index in [0.717, 1.165) is 41.3 Å². The number of carbonyl (C=O) groups excluding carboxylic acids is 1. The molecule has 0 amide bonds. The summed E-state index contributed by atoms with van der Waals surface area (Å²) in [5.74, 6) is -0.186. The van der Waals surface area contributed by atoms with E-state index in [0.29, 0.717) is 13.0 Å². The lowest BCUT2D eigenvalue weighted by Crippen LogP contribution is -2.16. The molecule has 1 unspecified atom stereocenters. The molecule has 0 aliphatic heterocycles. The Bertz CT molecular complexity index is 927. The zero-order valence-corrected chi connectivity index (χ0v) is 17.1. The van der Waals surface area contributed by atoms with Crippen LogP contribution in [0.5, 0.6) is 0 Å². The number of hydrogen-bond donors (Lipinski definition) is 0. The SMILES string of the molecule is CCOC(=O)CC(C)n1cnc(-c2ccccc2)c1CCn1nc(C)cc1C. The van der Waals surface area contributed by atoms with Crippen LogP contribution in [-0.2, 0) is 22.5 Å². The molecule has 2 heterocycles. The van der Waals surface area contributed by atoms with Crippen molar-refractivity contribution in [2.24, 2.45) is 0 Å². The van der Waals surface area contributed by atoms with Gasteiger partial charge in [-0.05, 0) is 33.8 Å². The van der Waals surface area contributed by atoms with Gasteiger partial charge in [-0.3, -0.25) is 9.48 Å². The van der Waals surface area contributed by atoms with Crippen molar-refractivity contribution >= 4 is 5.97 Å². The van der Waals surface area contributed by atoms with Crippen LogP contribution in [-0.4, -0.2) is 31.9 Å². The predicted octanol–water partition coefficient (Wildman–Crippen LogP) is 4.12. The number of esters is 1. The molecule has 2 aromatic heterocycles. The van der Waals surface area contributed by atoms with Crippen molar-refractivity contribution in [1.29, 1.82) is 0 Å². The third-order valence-corrected chi connectivity index (χ3v) is 4.85. The van der Waals surface area contributed by atoms with E-state index >= 15 is 0 Å². The maximum absolute atomic E-state index is 12.0. The Balaban J connectivity index is 1.90. The number of benzene rings is 1. The summed E-state index contributed by atoms with van der Waals surface area (Å²) in [6.07, 6.45) is 2.94. The summed E-state index contributed by atoms with van der Waals surface area (Å²) in [4.78, 5) is 16.7. The number of carbonyl (C=O) groups is 1. The first-order chi connectivity index (χ1) is 13.5. The molecule has 1 aromatic carbocycles. The second-order valence-corrected chi connectivity index (χ2v) is 7.07. The number of aryl methyl sites for hydroxylation is 3. The Hall–Kier alpha value is -2.89. The average molecular weight is 380 g/mol. The molecule has 148 valence electrons. The minimum absolute atomic E-state index is 0.0283. The van der Waals surface area contributed by atoms with Gasteiger partial charge < -0.3 is 9.30 Å². The van der Waals surface area contributed by atoms with E-state index in [2.05, 4.69) is 39.8 Å². The van der Waals surface area contributed by atoms with Crippen LogP contribution in [0.4, 0.5) is 0 Å². The molecule has 1 atom stereocenters. The van der Waals surface area contributed by atoms with Gasteiger partial charge in [0.2, 0.25) is 0 Å². The van der Waals surface area contributed by atoms with Gasteiger partial charge in [0.05, 0.1) is 30.7 Å². The van der Waals surface area contributed by atoms with Gasteiger partial charge >= 0.3 is 5.97 Å². The van der Waals surface area contributed by atoms with Crippen molar-refractivity contribution in [3.05, 3.63) is 59.8 Å². The fourth-order valence-corrected chi connectivity index (χ4v) is 3.52. The molecule has 0 saturated heterocycles. The molecule has 28 heavy (non-hydrogen) atoms. The van der Waals surface area contributed by atoms with Gasteiger partial charge in [0, 0.05) is 36.0 Å². The first kappa shape index (κ1) is 19.9. The van der Waals surface area contributed by atoms with Crippen LogP contribution in [0.15, 0.2) is 42.7 Å². The van der Waals surface area contributed by atoms with Crippen molar-refractivity contribution in [2.75, 3.05) is 6.61 Å². The molecule has 0 saturated carbocycles. The lowest BCUT2D eigenvalue weighted by molar-refractivity contribution is -0.143. The third-order valence-electron chi connectivity index (χ3n) is 4.85. The summed E-state index contributed by atoms with van der Waals surface area (Å²) in [6, 6.07) is 12.2. The van der Waals surface area contributed by atoms with Gasteiger partial charge in [-0.1, -0.05) is 30.3 Å². The molecule has 0 spiro atoms. The molecular weight excluding hydrogens is 352 g/mol. The molecule has 3 aromatic rings. The van der Waals surface area contributed by atoms with Crippen molar-refractivity contribution in [2.45, 2.75) is 53.1 Å². The molecule has 6 nitrogen and oxygen atoms in total. The zero-order chi connectivity index (χ0) is 20.1. The smallest absolute Gasteiger partial charge is 0.307 e. The van der Waals surface area contributed by atoms with E-state index in [1.807, 2.05) is 50.0 Å². The lowest BCUT2D eigenvalue weighted by atomic mass is 10.1. The van der Waals surface area contributed by atoms with Gasteiger partial charge in [0.1, 0.15) is 0 Å². The van der Waals surface area contributed by atoms with Crippen molar-refractivity contribution in [1.82, 2.24) is 19.3 Å². The number of hydrogen-bond acceptors (Lipinski definition) is 4. The van der Waals surface area contributed by atoms with Gasteiger partial charge in [-0.2, -0.15) is 5.10 Å². The van der Waals surface area contributed by atoms with E-state index < -0.39 is 0 Å². The highest BCUT2D eigenvalue weighted by Crippen LogP contribution is 2.26. The molecule has 0 bridgehead atoms. The van der Waals surface area contributed by atoms with Gasteiger partial charge in [0.25, 0.3) is 0 Å². The maximum atomic E-state index is 12.0. The Kier molecular flexibility index (Phi) is 6.29. The fourth-order valence-electron chi connectivity index (χ4n) is 3.52. The predicted molar refractivity (Wildman–Crippen MR) is 109 cm³/mol. The molecule has 6 heteroatoms. The first-order valence-electron chi connectivity index (χ1n) is 9.77. The highest BCUT2D eigenvalue weighted by Gasteiger charge is 2.19. The summed E-state index contributed by atoms with van der Waals surface area (Å²) in [6.45, 7) is 9.09. The second kappa shape index (κ2) is 8.87. The molecule has 0 fully saturated rings. The molecular formula is C22H28N4O2. The Morgan fingerprint density at radius 3 is 2.61 bits per heavy atom. The number of nitrogens with zero attached hydrogens (tertiary/aromatic N) is 4. The van der Waals surface area contributed by atoms with Crippen LogP contribution in [0.3, 0.4) is 0 Å². The van der Waals surface area contributed by atoms with Crippen molar-refractivity contribution in [3.63, 3.8) is 0 Å². The van der Waals surface area contributed by atoms with Gasteiger partial charge in [0.15, 0.2) is 0 Å². The summed E-state index contributed by atoms with van der Waals surface area (Å²) in [5.41, 5.74) is 5.30. The summed E-state index contributed by atoms with van der Waals surface area (Å²) < 4.78 is 9.25. The number of aromatic nitrogens is 4. The quantitative estimate of drug-likeness (QED) is 0.552. The fraction of sp³-hybridized carbons (Fsp3) is 0.409. The topological polar surface area (TPSA) is 61.9 Å². The Labute approximate surface area is 166 Å². The minimum Gasteiger partial charge on any atom is -0.466 e. The monoisotopic (exact) mass is 380 g/mol. The molecule has 0 aliphatic carbocycles. The maximum Gasteiger partial charge on any atom is 0.307 e. The third kappa shape index (κ3) is 4.50.